The molecule has 2 aromatic heterocycles. The zero-order valence-corrected chi connectivity index (χ0v) is 12.5. The molecule has 2 heterocycles. The normalized spacial score (nSPS) is 12.1. The van der Waals surface area contributed by atoms with Gasteiger partial charge in [-0.25, -0.2) is 4.79 Å². The molecule has 2 aromatic rings. The van der Waals surface area contributed by atoms with E-state index in [2.05, 4.69) is 20.4 Å². The van der Waals surface area contributed by atoms with Crippen LogP contribution in [0.2, 0.25) is 0 Å². The van der Waals surface area contributed by atoms with Crippen molar-refractivity contribution < 1.29 is 4.79 Å². The van der Waals surface area contributed by atoms with Crippen molar-refractivity contribution in [3.05, 3.63) is 50.6 Å². The van der Waals surface area contributed by atoms with E-state index < -0.39 is 11.2 Å². The van der Waals surface area contributed by atoms with Gasteiger partial charge in [0.1, 0.15) is 0 Å². The van der Waals surface area contributed by atoms with Gasteiger partial charge in [-0.15, -0.1) is 0 Å². The molecule has 0 aliphatic rings. The third-order valence-corrected chi connectivity index (χ3v) is 3.28. The van der Waals surface area contributed by atoms with Crippen molar-refractivity contribution in [1.29, 1.82) is 0 Å². The summed E-state index contributed by atoms with van der Waals surface area (Å²) < 4.78 is 1.74. The lowest BCUT2D eigenvalue weighted by molar-refractivity contribution is -0.121. The second-order valence-corrected chi connectivity index (χ2v) is 5.21. The van der Waals surface area contributed by atoms with Gasteiger partial charge in [0.2, 0.25) is 5.91 Å². The number of rotatable bonds is 6. The SMILES string of the molecule is Cc1[nH]c(=O)[nH]c(=O)c1CCC(=O)N[C@@H](C)Cn1cccn1. The van der Waals surface area contributed by atoms with E-state index in [1.165, 1.54) is 0 Å². The topological polar surface area (TPSA) is 113 Å². The van der Waals surface area contributed by atoms with Gasteiger partial charge >= 0.3 is 5.69 Å². The molecule has 0 aliphatic heterocycles. The molecule has 2 rings (SSSR count). The maximum absolute atomic E-state index is 11.9. The van der Waals surface area contributed by atoms with Crippen LogP contribution in [0.1, 0.15) is 24.6 Å². The number of carbonyl (C=O) groups is 1. The average Bonchev–Trinajstić information content (AvgIpc) is 2.89. The molecule has 0 saturated carbocycles. The first kappa shape index (κ1) is 15.7. The van der Waals surface area contributed by atoms with E-state index in [4.69, 9.17) is 0 Å². The van der Waals surface area contributed by atoms with Crippen LogP contribution < -0.4 is 16.6 Å². The maximum Gasteiger partial charge on any atom is 0.325 e. The predicted octanol–water partition coefficient (Wildman–Crippen LogP) is -0.294. The summed E-state index contributed by atoms with van der Waals surface area (Å²) in [5.41, 5.74) is -0.0668. The lowest BCUT2D eigenvalue weighted by Gasteiger charge is -2.14. The highest BCUT2D eigenvalue weighted by atomic mass is 16.2. The van der Waals surface area contributed by atoms with Gasteiger partial charge in [-0.2, -0.15) is 5.10 Å². The molecule has 0 radical (unpaired) electrons. The largest absolute Gasteiger partial charge is 0.352 e. The number of nitrogens with one attached hydrogen (secondary N) is 3. The van der Waals surface area contributed by atoms with Gasteiger partial charge in [0, 0.05) is 36.1 Å². The quantitative estimate of drug-likeness (QED) is 0.680. The Bertz CT molecular complexity index is 745. The van der Waals surface area contributed by atoms with Crippen LogP contribution in [0.15, 0.2) is 28.0 Å². The molecule has 22 heavy (non-hydrogen) atoms. The van der Waals surface area contributed by atoms with Crippen LogP contribution in [-0.4, -0.2) is 31.7 Å². The maximum atomic E-state index is 11.9. The van der Waals surface area contributed by atoms with E-state index in [0.717, 1.165) is 0 Å². The fourth-order valence-electron chi connectivity index (χ4n) is 2.25. The molecule has 0 saturated heterocycles. The number of aromatic amines is 2. The van der Waals surface area contributed by atoms with Crippen molar-refractivity contribution in [1.82, 2.24) is 25.1 Å². The summed E-state index contributed by atoms with van der Waals surface area (Å²) in [7, 11) is 0. The summed E-state index contributed by atoms with van der Waals surface area (Å²) >= 11 is 0. The van der Waals surface area contributed by atoms with Crippen LogP contribution in [-0.2, 0) is 17.8 Å². The highest BCUT2D eigenvalue weighted by molar-refractivity contribution is 5.76. The van der Waals surface area contributed by atoms with Crippen LogP contribution in [0.4, 0.5) is 0 Å². The number of hydrogen-bond donors (Lipinski definition) is 3. The van der Waals surface area contributed by atoms with E-state index in [1.54, 1.807) is 17.8 Å². The highest BCUT2D eigenvalue weighted by Crippen LogP contribution is 2.00. The fraction of sp³-hybridized carbons (Fsp3) is 0.429. The van der Waals surface area contributed by atoms with E-state index in [9.17, 15) is 14.4 Å². The molecular weight excluding hydrogens is 286 g/mol. The third kappa shape index (κ3) is 4.18. The molecule has 8 nitrogen and oxygen atoms in total. The Hall–Kier alpha value is -2.64. The van der Waals surface area contributed by atoms with E-state index in [-0.39, 0.29) is 24.8 Å². The fourth-order valence-corrected chi connectivity index (χ4v) is 2.25. The zero-order chi connectivity index (χ0) is 16.1. The Morgan fingerprint density at radius 2 is 2.18 bits per heavy atom. The Kier molecular flexibility index (Phi) is 4.92. The molecule has 118 valence electrons. The van der Waals surface area contributed by atoms with Crippen LogP contribution in [0.5, 0.6) is 0 Å². The van der Waals surface area contributed by atoms with E-state index in [0.29, 0.717) is 17.8 Å². The van der Waals surface area contributed by atoms with Crippen molar-refractivity contribution in [3.8, 4) is 0 Å². The summed E-state index contributed by atoms with van der Waals surface area (Å²) in [6, 6.07) is 1.75. The summed E-state index contributed by atoms with van der Waals surface area (Å²) in [5.74, 6) is -0.148. The number of carbonyl (C=O) groups excluding carboxylic acids is 1. The van der Waals surface area contributed by atoms with Crippen molar-refractivity contribution in [3.63, 3.8) is 0 Å². The summed E-state index contributed by atoms with van der Waals surface area (Å²) in [5, 5.41) is 6.93. The third-order valence-electron chi connectivity index (χ3n) is 3.28. The standard InChI is InChI=1S/C14H19N5O3/c1-9(8-19-7-3-6-15-19)16-12(20)5-4-11-10(2)17-14(22)18-13(11)21/h3,6-7,9H,4-5,8H2,1-2H3,(H,16,20)(H2,17,18,21,22)/t9-/m0/s1. The molecule has 3 N–H and O–H groups in total. The molecule has 0 fully saturated rings. The van der Waals surface area contributed by atoms with Crippen LogP contribution in [0.25, 0.3) is 0 Å². The van der Waals surface area contributed by atoms with Gasteiger partial charge in [-0.1, -0.05) is 0 Å². The molecule has 0 unspecified atom stereocenters. The number of aryl methyl sites for hydroxylation is 1. The lowest BCUT2D eigenvalue weighted by atomic mass is 10.1. The number of hydrogen-bond acceptors (Lipinski definition) is 4. The minimum absolute atomic E-state index is 0.0673. The van der Waals surface area contributed by atoms with E-state index >= 15 is 0 Å². The molecule has 1 amide bonds. The van der Waals surface area contributed by atoms with Gasteiger partial charge < -0.3 is 10.3 Å². The highest BCUT2D eigenvalue weighted by Gasteiger charge is 2.11. The first-order valence-electron chi connectivity index (χ1n) is 7.04. The van der Waals surface area contributed by atoms with Gasteiger partial charge in [0.05, 0.1) is 6.54 Å². The van der Waals surface area contributed by atoms with Crippen molar-refractivity contribution in [2.75, 3.05) is 0 Å². The minimum atomic E-state index is -0.538. The van der Waals surface area contributed by atoms with Gasteiger partial charge in [-0.3, -0.25) is 19.3 Å². The molecule has 8 heteroatoms. The number of amides is 1. The first-order valence-corrected chi connectivity index (χ1v) is 7.04. The second-order valence-electron chi connectivity index (χ2n) is 5.21. The molecule has 0 spiro atoms. The Labute approximate surface area is 126 Å². The molecule has 0 bridgehead atoms. The van der Waals surface area contributed by atoms with Crippen molar-refractivity contribution in [2.24, 2.45) is 0 Å². The number of H-pyrrole nitrogens is 2. The van der Waals surface area contributed by atoms with E-state index in [1.807, 2.05) is 19.2 Å². The Morgan fingerprint density at radius 3 is 2.82 bits per heavy atom. The van der Waals surface area contributed by atoms with Crippen LogP contribution in [0.3, 0.4) is 0 Å². The molecular formula is C14H19N5O3. The monoisotopic (exact) mass is 305 g/mol. The van der Waals surface area contributed by atoms with Gasteiger partial charge in [-0.05, 0) is 26.3 Å². The molecule has 0 aliphatic carbocycles. The van der Waals surface area contributed by atoms with Crippen LogP contribution >= 0.6 is 0 Å². The summed E-state index contributed by atoms with van der Waals surface area (Å²) in [6.45, 7) is 4.11. The smallest absolute Gasteiger partial charge is 0.325 e. The molecule has 0 aromatic carbocycles. The summed E-state index contributed by atoms with van der Waals surface area (Å²) in [6.07, 6.45) is 3.96. The second kappa shape index (κ2) is 6.88. The van der Waals surface area contributed by atoms with Crippen LogP contribution in [0, 0.1) is 6.92 Å². The van der Waals surface area contributed by atoms with Crippen molar-refractivity contribution in [2.45, 2.75) is 39.3 Å². The number of nitrogens with zero attached hydrogens (tertiary/aromatic N) is 2. The van der Waals surface area contributed by atoms with Gasteiger partial charge in [0.25, 0.3) is 5.56 Å². The van der Waals surface area contributed by atoms with Gasteiger partial charge in [0.15, 0.2) is 0 Å². The zero-order valence-electron chi connectivity index (χ0n) is 12.5. The first-order chi connectivity index (χ1) is 10.5. The Morgan fingerprint density at radius 1 is 1.41 bits per heavy atom. The average molecular weight is 305 g/mol. The van der Waals surface area contributed by atoms with Crippen molar-refractivity contribution >= 4 is 5.91 Å². The number of aromatic nitrogens is 4. The predicted molar refractivity (Wildman–Crippen MR) is 80.6 cm³/mol. The minimum Gasteiger partial charge on any atom is -0.352 e. The Balaban J connectivity index is 1.88. The molecule has 1 atom stereocenters. The summed E-state index contributed by atoms with van der Waals surface area (Å²) in [4.78, 5) is 39.4. The lowest BCUT2D eigenvalue weighted by Crippen LogP contribution is -2.36.